The summed E-state index contributed by atoms with van der Waals surface area (Å²) in [5.41, 5.74) is 0. The number of ether oxygens (including phenoxy) is 1. The fourth-order valence-corrected chi connectivity index (χ4v) is 4.14. The van der Waals surface area contributed by atoms with E-state index in [-0.39, 0.29) is 12.0 Å². The fourth-order valence-electron chi connectivity index (χ4n) is 4.14. The molecule has 0 amide bonds. The quantitative estimate of drug-likeness (QED) is 0.817. The summed E-state index contributed by atoms with van der Waals surface area (Å²) >= 11 is 0. The van der Waals surface area contributed by atoms with Gasteiger partial charge in [0, 0.05) is 44.5 Å². The predicted molar refractivity (Wildman–Crippen MR) is 107 cm³/mol. The number of hydrogen-bond donors (Lipinski definition) is 1. The zero-order valence-electron chi connectivity index (χ0n) is 16.9. The Hall–Kier alpha value is -1.99. The third kappa shape index (κ3) is 4.52. The Morgan fingerprint density at radius 2 is 1.89 bits per heavy atom. The van der Waals surface area contributed by atoms with Crippen LogP contribution < -0.4 is 10.2 Å². The van der Waals surface area contributed by atoms with Crippen molar-refractivity contribution in [1.29, 1.82) is 0 Å². The summed E-state index contributed by atoms with van der Waals surface area (Å²) < 4.78 is 11.3. The van der Waals surface area contributed by atoms with E-state index >= 15 is 0 Å². The van der Waals surface area contributed by atoms with E-state index in [1.54, 1.807) is 0 Å². The minimum atomic E-state index is 0.107. The van der Waals surface area contributed by atoms with Crippen LogP contribution in [0.25, 0.3) is 0 Å². The van der Waals surface area contributed by atoms with E-state index in [1.165, 1.54) is 0 Å². The fraction of sp³-hybridized carbons (Fsp3) is 0.667. The highest BCUT2D eigenvalue weighted by molar-refractivity contribution is 5.38. The summed E-state index contributed by atoms with van der Waals surface area (Å²) in [4.78, 5) is 11.6. The minimum absolute atomic E-state index is 0.107. The van der Waals surface area contributed by atoms with Crippen LogP contribution in [-0.4, -0.2) is 47.5 Å². The molecule has 0 aliphatic carbocycles. The Labute approximate surface area is 166 Å². The van der Waals surface area contributed by atoms with Crippen LogP contribution >= 0.6 is 0 Å². The van der Waals surface area contributed by atoms with Crippen molar-refractivity contribution >= 4 is 5.82 Å². The summed E-state index contributed by atoms with van der Waals surface area (Å²) in [7, 11) is 0. The summed E-state index contributed by atoms with van der Waals surface area (Å²) in [5.74, 6) is 3.35. The van der Waals surface area contributed by atoms with E-state index in [0.29, 0.717) is 12.0 Å². The molecule has 7 nitrogen and oxygen atoms in total. The second kappa shape index (κ2) is 9.01. The molecule has 2 saturated heterocycles. The number of rotatable bonds is 6. The molecule has 0 saturated carbocycles. The van der Waals surface area contributed by atoms with Crippen molar-refractivity contribution in [2.45, 2.75) is 57.5 Å². The van der Waals surface area contributed by atoms with Gasteiger partial charge in [-0.1, -0.05) is 25.1 Å². The molecular formula is C21H31N5O2. The highest BCUT2D eigenvalue weighted by Gasteiger charge is 2.33. The predicted octanol–water partition coefficient (Wildman–Crippen LogP) is 3.31. The van der Waals surface area contributed by atoms with Crippen molar-refractivity contribution in [3.63, 3.8) is 0 Å². The van der Waals surface area contributed by atoms with Gasteiger partial charge in [-0.2, -0.15) is 4.98 Å². The first-order valence-corrected chi connectivity index (χ1v) is 10.5. The van der Waals surface area contributed by atoms with E-state index in [1.807, 2.05) is 12.3 Å². The van der Waals surface area contributed by atoms with Crippen molar-refractivity contribution in [2.24, 2.45) is 5.92 Å². The van der Waals surface area contributed by atoms with Crippen molar-refractivity contribution in [1.82, 2.24) is 20.4 Å². The van der Waals surface area contributed by atoms with Crippen LogP contribution in [0.3, 0.4) is 0 Å². The summed E-state index contributed by atoms with van der Waals surface area (Å²) in [6.45, 7) is 7.84. The molecule has 2 aliphatic rings. The van der Waals surface area contributed by atoms with Gasteiger partial charge in [-0.15, -0.1) is 0 Å². The van der Waals surface area contributed by atoms with Gasteiger partial charge in [0.15, 0.2) is 5.82 Å². The van der Waals surface area contributed by atoms with Gasteiger partial charge in [0.1, 0.15) is 5.82 Å². The molecule has 28 heavy (non-hydrogen) atoms. The molecule has 2 aromatic rings. The number of aromatic nitrogens is 3. The zero-order chi connectivity index (χ0) is 19.3. The molecule has 1 atom stereocenters. The van der Waals surface area contributed by atoms with Gasteiger partial charge in [-0.3, -0.25) is 0 Å². The first kappa shape index (κ1) is 19.3. The molecule has 2 aromatic heterocycles. The third-order valence-electron chi connectivity index (χ3n) is 5.86. The van der Waals surface area contributed by atoms with Crippen LogP contribution in [0.1, 0.15) is 63.2 Å². The topological polar surface area (TPSA) is 76.3 Å². The number of piperidine rings is 1. The standard InChI is InChI=1S/C21H31N5O2/c1-15(2)20-24-21(28-25-20)19(16-8-13-27-14-9-16)23-17-6-11-26(12-7-17)18-5-3-4-10-22-18/h3-5,10,15-17,19,23H,6-9,11-14H2,1-2H3/t19-/m0/s1. The van der Waals surface area contributed by atoms with E-state index in [2.05, 4.69) is 46.3 Å². The monoisotopic (exact) mass is 385 g/mol. The number of anilines is 1. The first-order valence-electron chi connectivity index (χ1n) is 10.5. The SMILES string of the molecule is CC(C)c1noc([C@@H](NC2CCN(c3ccccn3)CC2)C2CCOCC2)n1. The van der Waals surface area contributed by atoms with Crippen LogP contribution in [0.5, 0.6) is 0 Å². The Morgan fingerprint density at radius 3 is 2.54 bits per heavy atom. The average molecular weight is 386 g/mol. The van der Waals surface area contributed by atoms with E-state index in [9.17, 15) is 0 Å². The largest absolute Gasteiger partial charge is 0.381 e. The molecule has 0 bridgehead atoms. The average Bonchev–Trinajstić information content (AvgIpc) is 3.24. The smallest absolute Gasteiger partial charge is 0.244 e. The van der Waals surface area contributed by atoms with Crippen LogP contribution in [0, 0.1) is 5.92 Å². The third-order valence-corrected chi connectivity index (χ3v) is 5.86. The van der Waals surface area contributed by atoms with Gasteiger partial charge < -0.3 is 19.5 Å². The molecule has 4 rings (SSSR count). The second-order valence-corrected chi connectivity index (χ2v) is 8.19. The molecule has 2 aliphatic heterocycles. The maximum absolute atomic E-state index is 5.69. The molecular weight excluding hydrogens is 354 g/mol. The maximum Gasteiger partial charge on any atom is 0.244 e. The van der Waals surface area contributed by atoms with Gasteiger partial charge in [0.05, 0.1) is 6.04 Å². The van der Waals surface area contributed by atoms with Crippen molar-refractivity contribution in [2.75, 3.05) is 31.2 Å². The van der Waals surface area contributed by atoms with Gasteiger partial charge in [0.2, 0.25) is 5.89 Å². The maximum atomic E-state index is 5.69. The highest BCUT2D eigenvalue weighted by Crippen LogP contribution is 2.31. The molecule has 0 radical (unpaired) electrons. The van der Waals surface area contributed by atoms with E-state index in [4.69, 9.17) is 14.2 Å². The normalized spacial score (nSPS) is 20.6. The lowest BCUT2D eigenvalue weighted by Crippen LogP contribution is -2.46. The Kier molecular flexibility index (Phi) is 6.22. The van der Waals surface area contributed by atoms with Crippen molar-refractivity contribution in [3.05, 3.63) is 36.1 Å². The van der Waals surface area contributed by atoms with Gasteiger partial charge in [-0.25, -0.2) is 4.98 Å². The summed E-state index contributed by atoms with van der Waals surface area (Å²) in [6.07, 6.45) is 6.10. The molecule has 2 fully saturated rings. The molecule has 7 heteroatoms. The second-order valence-electron chi connectivity index (χ2n) is 8.19. The number of nitrogens with zero attached hydrogens (tertiary/aromatic N) is 4. The number of pyridine rings is 1. The Balaban J connectivity index is 1.42. The van der Waals surface area contributed by atoms with Crippen molar-refractivity contribution < 1.29 is 9.26 Å². The molecule has 0 aromatic carbocycles. The molecule has 1 N–H and O–H groups in total. The van der Waals surface area contributed by atoms with E-state index < -0.39 is 0 Å². The Bertz CT molecular complexity index is 721. The van der Waals surface area contributed by atoms with Gasteiger partial charge in [-0.05, 0) is 43.7 Å². The lowest BCUT2D eigenvalue weighted by atomic mass is 9.90. The molecule has 0 spiro atoms. The van der Waals surface area contributed by atoms with Crippen LogP contribution in [0.4, 0.5) is 5.82 Å². The van der Waals surface area contributed by atoms with E-state index in [0.717, 1.165) is 69.5 Å². The van der Waals surface area contributed by atoms with Crippen LogP contribution in [0.2, 0.25) is 0 Å². The van der Waals surface area contributed by atoms with Crippen LogP contribution in [0.15, 0.2) is 28.9 Å². The first-order chi connectivity index (χ1) is 13.7. The lowest BCUT2D eigenvalue weighted by molar-refractivity contribution is 0.0461. The number of hydrogen-bond acceptors (Lipinski definition) is 7. The minimum Gasteiger partial charge on any atom is -0.381 e. The Morgan fingerprint density at radius 1 is 1.11 bits per heavy atom. The summed E-state index contributed by atoms with van der Waals surface area (Å²) in [6, 6.07) is 6.66. The molecule has 4 heterocycles. The molecule has 152 valence electrons. The molecule has 0 unspecified atom stereocenters. The highest BCUT2D eigenvalue weighted by atomic mass is 16.5. The zero-order valence-corrected chi connectivity index (χ0v) is 16.9. The number of nitrogens with one attached hydrogen (secondary N) is 1. The van der Waals surface area contributed by atoms with Gasteiger partial charge in [0.25, 0.3) is 0 Å². The summed E-state index contributed by atoms with van der Waals surface area (Å²) in [5, 5.41) is 8.07. The van der Waals surface area contributed by atoms with Gasteiger partial charge >= 0.3 is 0 Å². The lowest BCUT2D eigenvalue weighted by Gasteiger charge is -2.37. The van der Waals surface area contributed by atoms with Crippen LogP contribution in [-0.2, 0) is 4.74 Å². The van der Waals surface area contributed by atoms with Crippen molar-refractivity contribution in [3.8, 4) is 0 Å².